The molecule has 0 fully saturated rings. The zero-order valence-electron chi connectivity index (χ0n) is 6.58. The highest BCUT2D eigenvalue weighted by Crippen LogP contribution is 2.15. The van der Waals surface area contributed by atoms with Crippen molar-refractivity contribution >= 4 is 7.85 Å². The molecule has 46 valence electrons. The maximum Gasteiger partial charge on any atom is 0.133 e. The van der Waals surface area contributed by atoms with Gasteiger partial charge in [0.2, 0.25) is 0 Å². The summed E-state index contributed by atoms with van der Waals surface area (Å²) in [6.07, 6.45) is 2.27. The van der Waals surface area contributed by atoms with E-state index in [9.17, 15) is 0 Å². The van der Waals surface area contributed by atoms with Crippen LogP contribution in [0.2, 0.25) is 0 Å². The maximum atomic E-state index is 2.27. The molecule has 8 heavy (non-hydrogen) atoms. The second-order valence-electron chi connectivity index (χ2n) is 3.59. The average Bonchev–Trinajstić information content (AvgIpc) is 1.21. The first-order valence-corrected chi connectivity index (χ1v) is 3.08. The molecular weight excluding hydrogens is 94.9 g/mol. The highest BCUT2D eigenvalue weighted by Gasteiger charge is 2.03. The third-order valence-electron chi connectivity index (χ3n) is 0.722. The van der Waals surface area contributed by atoms with Gasteiger partial charge in [0.15, 0.2) is 0 Å². The molecule has 0 saturated carbocycles. The Morgan fingerprint density at radius 1 is 1.38 bits per heavy atom. The van der Waals surface area contributed by atoms with Crippen LogP contribution in [0, 0.1) is 5.41 Å². The van der Waals surface area contributed by atoms with Gasteiger partial charge in [-0.25, -0.2) is 0 Å². The second kappa shape index (κ2) is 2.39. The monoisotopic (exact) mass is 110 g/mol. The molecule has 1 heteroatoms. The van der Waals surface area contributed by atoms with Crippen molar-refractivity contribution in [3.8, 4) is 0 Å². The third-order valence-corrected chi connectivity index (χ3v) is 0.722. The van der Waals surface area contributed by atoms with Crippen molar-refractivity contribution < 1.29 is 0 Å². The predicted octanol–water partition coefficient (Wildman–Crippen LogP) is 1.57. The van der Waals surface area contributed by atoms with Crippen LogP contribution in [0.3, 0.4) is 0 Å². The fraction of sp³-hybridized carbons (Fsp3) is 0.714. The van der Waals surface area contributed by atoms with E-state index < -0.39 is 0 Å². The minimum Gasteiger partial charge on any atom is -0.116 e. The quantitative estimate of drug-likeness (QED) is 0.415. The van der Waals surface area contributed by atoms with Crippen LogP contribution in [0.4, 0.5) is 0 Å². The molecule has 0 aromatic carbocycles. The second-order valence-corrected chi connectivity index (χ2v) is 3.59. The van der Waals surface area contributed by atoms with Gasteiger partial charge in [-0.2, -0.15) is 0 Å². The van der Waals surface area contributed by atoms with Gasteiger partial charge in [-0.15, -0.1) is 5.47 Å². The summed E-state index contributed by atoms with van der Waals surface area (Å²) in [7, 11) is 2.13. The minimum atomic E-state index is 0.360. The van der Waals surface area contributed by atoms with Crippen molar-refractivity contribution in [1.82, 2.24) is 0 Å². The van der Waals surface area contributed by atoms with Crippen molar-refractivity contribution in [3.63, 3.8) is 0 Å². The van der Waals surface area contributed by atoms with Gasteiger partial charge in [0, 0.05) is 0 Å². The predicted molar refractivity (Wildman–Crippen MR) is 41.8 cm³/mol. The van der Waals surface area contributed by atoms with Crippen LogP contribution in [0.1, 0.15) is 27.7 Å². The molecule has 0 aliphatic heterocycles. The smallest absolute Gasteiger partial charge is 0.116 e. The Morgan fingerprint density at radius 2 is 1.75 bits per heavy atom. The first kappa shape index (κ1) is 7.80. The molecule has 0 aliphatic carbocycles. The Labute approximate surface area is 53.4 Å². The lowest BCUT2D eigenvalue weighted by molar-refractivity contribution is 0.542. The van der Waals surface area contributed by atoms with Crippen molar-refractivity contribution in [2.45, 2.75) is 27.7 Å². The molecule has 0 nitrogen and oxygen atoms in total. The maximum absolute atomic E-state index is 2.27. The van der Waals surface area contributed by atoms with Gasteiger partial charge in [0.25, 0.3) is 0 Å². The summed E-state index contributed by atoms with van der Waals surface area (Å²) in [5.41, 5.74) is 1.76. The van der Waals surface area contributed by atoms with Gasteiger partial charge in [-0.1, -0.05) is 33.8 Å². The molecule has 0 atom stereocenters. The highest BCUT2D eigenvalue weighted by atomic mass is 14.1. The number of rotatable bonds is 0. The molecule has 0 unspecified atom stereocenters. The van der Waals surface area contributed by atoms with Crippen LogP contribution in [0.15, 0.2) is 11.5 Å². The first-order valence-electron chi connectivity index (χ1n) is 3.08. The van der Waals surface area contributed by atoms with E-state index in [2.05, 4.69) is 41.6 Å². The normalized spacial score (nSPS) is 14.2. The summed E-state index contributed by atoms with van der Waals surface area (Å²) in [4.78, 5) is 0. The van der Waals surface area contributed by atoms with Gasteiger partial charge in [-0.3, -0.25) is 0 Å². The van der Waals surface area contributed by atoms with Crippen LogP contribution in [0.5, 0.6) is 0 Å². The Balaban J connectivity index is 3.89. The SMILES string of the molecule is B/C(C)=C\C(C)(C)C. The van der Waals surface area contributed by atoms with E-state index in [-0.39, 0.29) is 0 Å². The van der Waals surface area contributed by atoms with E-state index in [4.69, 9.17) is 0 Å². The zero-order valence-corrected chi connectivity index (χ0v) is 6.58. The fourth-order valence-corrected chi connectivity index (χ4v) is 0.866. The molecule has 0 radical (unpaired) electrons. The van der Waals surface area contributed by atoms with E-state index in [0.29, 0.717) is 5.41 Å². The topological polar surface area (TPSA) is 0 Å². The van der Waals surface area contributed by atoms with E-state index in [1.54, 1.807) is 0 Å². The lowest BCUT2D eigenvalue weighted by Crippen LogP contribution is -1.99. The highest BCUT2D eigenvalue weighted by molar-refractivity contribution is 6.21. The Bertz CT molecular complexity index is 91.4. The van der Waals surface area contributed by atoms with Crippen LogP contribution < -0.4 is 0 Å². The van der Waals surface area contributed by atoms with Crippen molar-refractivity contribution in [1.29, 1.82) is 0 Å². The van der Waals surface area contributed by atoms with Crippen LogP contribution in [0.25, 0.3) is 0 Å². The standard InChI is InChI=1S/C7H15B/c1-6(8)5-7(2,3)4/h5H,8H2,1-4H3/b6-5-. The molecule has 0 aromatic heterocycles. The molecule has 0 bridgehead atoms. The third kappa shape index (κ3) is 5.80. The number of allylic oxidation sites excluding steroid dienone is 2. The van der Waals surface area contributed by atoms with Crippen LogP contribution >= 0.6 is 0 Å². The van der Waals surface area contributed by atoms with Gasteiger partial charge in [0.1, 0.15) is 7.85 Å². The molecule has 0 aromatic rings. The lowest BCUT2D eigenvalue weighted by Gasteiger charge is -2.12. The molecule has 0 rings (SSSR count). The van der Waals surface area contributed by atoms with E-state index >= 15 is 0 Å². The molecular formula is C7H15B. The summed E-state index contributed by atoms with van der Waals surface area (Å²) in [5, 5.41) is 0. The molecule has 0 amide bonds. The summed E-state index contributed by atoms with van der Waals surface area (Å²) >= 11 is 0. The van der Waals surface area contributed by atoms with Crippen LogP contribution in [-0.2, 0) is 0 Å². The molecule has 0 heterocycles. The van der Waals surface area contributed by atoms with Gasteiger partial charge < -0.3 is 0 Å². The summed E-state index contributed by atoms with van der Waals surface area (Å²) < 4.78 is 0. The summed E-state index contributed by atoms with van der Waals surface area (Å²) in [6.45, 7) is 8.76. The van der Waals surface area contributed by atoms with Gasteiger partial charge >= 0.3 is 0 Å². The zero-order chi connectivity index (χ0) is 6.78. The largest absolute Gasteiger partial charge is 0.133 e. The molecule has 0 N–H and O–H groups in total. The van der Waals surface area contributed by atoms with Crippen molar-refractivity contribution in [3.05, 3.63) is 11.5 Å². The van der Waals surface area contributed by atoms with E-state index in [0.717, 1.165) is 0 Å². The Hall–Kier alpha value is -0.195. The summed E-state index contributed by atoms with van der Waals surface area (Å²) in [5.74, 6) is 0. The van der Waals surface area contributed by atoms with E-state index in [1.165, 1.54) is 5.47 Å². The molecule has 0 aliphatic rings. The summed E-state index contributed by atoms with van der Waals surface area (Å²) in [6, 6.07) is 0. The Kier molecular flexibility index (Phi) is 2.33. The van der Waals surface area contributed by atoms with Gasteiger partial charge in [-0.05, 0) is 5.41 Å². The van der Waals surface area contributed by atoms with Crippen LogP contribution in [-0.4, -0.2) is 7.85 Å². The fourth-order valence-electron chi connectivity index (χ4n) is 0.866. The first-order chi connectivity index (χ1) is 3.42. The molecule has 0 saturated heterocycles. The van der Waals surface area contributed by atoms with Crippen molar-refractivity contribution in [2.75, 3.05) is 0 Å². The lowest BCUT2D eigenvalue weighted by atomic mass is 9.87. The van der Waals surface area contributed by atoms with Gasteiger partial charge in [0.05, 0.1) is 0 Å². The molecule has 0 spiro atoms. The Morgan fingerprint density at radius 3 is 1.75 bits per heavy atom. The van der Waals surface area contributed by atoms with E-state index in [1.807, 2.05) is 0 Å². The van der Waals surface area contributed by atoms with Crippen molar-refractivity contribution in [2.24, 2.45) is 5.41 Å². The average molecular weight is 110 g/mol. The number of hydrogen-bond acceptors (Lipinski definition) is 0. The minimum absolute atomic E-state index is 0.360. The number of hydrogen-bond donors (Lipinski definition) is 0.